The Bertz CT molecular complexity index is 2750. The van der Waals surface area contributed by atoms with Gasteiger partial charge in [-0.05, 0) is 81.9 Å². The fourth-order valence-corrected chi connectivity index (χ4v) is 8.77. The average molecular weight is 679 g/mol. The molecule has 0 spiro atoms. The second kappa shape index (κ2) is 12.3. The number of nitrogens with zero attached hydrogens (tertiary/aromatic N) is 2. The molecule has 1 aliphatic rings. The second-order valence-electron chi connectivity index (χ2n) is 14.5. The van der Waals surface area contributed by atoms with Crippen molar-refractivity contribution in [3.63, 3.8) is 0 Å². The zero-order valence-electron chi connectivity index (χ0n) is 29.9. The molecule has 1 aliphatic carbocycles. The van der Waals surface area contributed by atoms with E-state index in [9.17, 15) is 0 Å². The molecule has 10 rings (SSSR count). The van der Waals surface area contributed by atoms with E-state index in [1.807, 2.05) is 0 Å². The summed E-state index contributed by atoms with van der Waals surface area (Å²) in [6, 6.07) is 70.8. The zero-order valence-corrected chi connectivity index (χ0v) is 29.9. The highest BCUT2D eigenvalue weighted by molar-refractivity contribution is 6.09. The lowest BCUT2D eigenvalue weighted by molar-refractivity contribution is 0.660. The van der Waals surface area contributed by atoms with E-state index in [-0.39, 0.29) is 5.41 Å². The van der Waals surface area contributed by atoms with E-state index in [0.717, 1.165) is 22.7 Å². The molecule has 0 N–H and O–H groups in total. The van der Waals surface area contributed by atoms with Gasteiger partial charge in [-0.25, -0.2) is 0 Å². The van der Waals surface area contributed by atoms with E-state index >= 15 is 0 Å². The third-order valence-corrected chi connectivity index (χ3v) is 11.2. The van der Waals surface area contributed by atoms with Crippen LogP contribution in [0.25, 0.3) is 60.9 Å². The average Bonchev–Trinajstić information content (AvgIpc) is 3.68. The Labute approximate surface area is 310 Å². The molecule has 252 valence electrons. The topological polar surface area (TPSA) is 8.17 Å². The van der Waals surface area contributed by atoms with Crippen LogP contribution in [0.3, 0.4) is 0 Å². The lowest BCUT2D eigenvalue weighted by atomic mass is 9.82. The molecule has 0 radical (unpaired) electrons. The quantitative estimate of drug-likeness (QED) is 0.170. The summed E-state index contributed by atoms with van der Waals surface area (Å²) in [7, 11) is 0. The van der Waals surface area contributed by atoms with Crippen molar-refractivity contribution in [3.8, 4) is 39.1 Å². The van der Waals surface area contributed by atoms with Crippen LogP contribution in [-0.4, -0.2) is 4.57 Å². The number of rotatable bonds is 6. The van der Waals surface area contributed by atoms with Crippen LogP contribution in [0.2, 0.25) is 0 Å². The number of benzene rings is 8. The van der Waals surface area contributed by atoms with Crippen LogP contribution in [0.1, 0.15) is 25.0 Å². The normalized spacial score (nSPS) is 12.9. The van der Waals surface area contributed by atoms with Gasteiger partial charge in [-0.15, -0.1) is 0 Å². The molecule has 2 heteroatoms. The number of hydrogen-bond donors (Lipinski definition) is 0. The minimum atomic E-state index is -0.0842. The Morgan fingerprint density at radius 3 is 1.60 bits per heavy atom. The molecule has 2 nitrogen and oxygen atoms in total. The highest BCUT2D eigenvalue weighted by atomic mass is 15.1. The lowest BCUT2D eigenvalue weighted by Gasteiger charge is -2.30. The molecule has 0 bridgehead atoms. The Morgan fingerprint density at radius 2 is 0.906 bits per heavy atom. The number of anilines is 3. The molecule has 0 aliphatic heterocycles. The van der Waals surface area contributed by atoms with Gasteiger partial charge in [0, 0.05) is 38.7 Å². The first-order valence-electron chi connectivity index (χ1n) is 18.5. The Hall–Kier alpha value is -6.64. The first kappa shape index (κ1) is 31.1. The fourth-order valence-electron chi connectivity index (χ4n) is 8.77. The van der Waals surface area contributed by atoms with E-state index in [0.29, 0.717) is 0 Å². The maximum atomic E-state index is 2.46. The number of fused-ring (bicyclic) bond motifs is 6. The highest BCUT2D eigenvalue weighted by Gasteiger charge is 2.37. The first-order valence-corrected chi connectivity index (χ1v) is 18.5. The van der Waals surface area contributed by atoms with Crippen molar-refractivity contribution in [2.24, 2.45) is 0 Å². The molecule has 0 saturated heterocycles. The van der Waals surface area contributed by atoms with Crippen LogP contribution in [0.5, 0.6) is 0 Å². The maximum Gasteiger partial charge on any atom is 0.0541 e. The van der Waals surface area contributed by atoms with Crippen LogP contribution in [0.4, 0.5) is 17.1 Å². The summed E-state index contributed by atoms with van der Waals surface area (Å²) < 4.78 is 2.39. The molecule has 0 atom stereocenters. The molecular formula is C51H38N2. The standard InChI is InChI=1S/C51H38N2/c1-51(2)44-25-11-6-23-43(44)50-42(24-16-26-45(50)51)41-22-10-15-30-49(41)52(46-27-12-7-19-38(46)35-17-4-3-5-18-35)36-31-33-37(34-32-36)53-47-28-13-8-20-39(47)40-21-9-14-29-48(40)53/h3-34H,1-2H3. The molecular weight excluding hydrogens is 641 g/mol. The summed E-state index contributed by atoms with van der Waals surface area (Å²) >= 11 is 0. The van der Waals surface area contributed by atoms with Crippen molar-refractivity contribution in [1.82, 2.24) is 4.57 Å². The predicted octanol–water partition coefficient (Wildman–Crippen LogP) is 13.9. The number of hydrogen-bond acceptors (Lipinski definition) is 1. The van der Waals surface area contributed by atoms with Crippen molar-refractivity contribution in [2.45, 2.75) is 19.3 Å². The highest BCUT2D eigenvalue weighted by Crippen LogP contribution is 2.54. The van der Waals surface area contributed by atoms with E-state index in [1.54, 1.807) is 0 Å². The minimum absolute atomic E-state index is 0.0842. The number of aromatic nitrogens is 1. The van der Waals surface area contributed by atoms with Crippen LogP contribution in [0, 0.1) is 0 Å². The maximum absolute atomic E-state index is 2.46. The monoisotopic (exact) mass is 678 g/mol. The second-order valence-corrected chi connectivity index (χ2v) is 14.5. The molecule has 8 aromatic carbocycles. The van der Waals surface area contributed by atoms with E-state index in [4.69, 9.17) is 0 Å². The van der Waals surface area contributed by atoms with Gasteiger partial charge >= 0.3 is 0 Å². The van der Waals surface area contributed by atoms with Crippen molar-refractivity contribution < 1.29 is 0 Å². The molecule has 0 unspecified atom stereocenters. The van der Waals surface area contributed by atoms with Gasteiger partial charge in [0.2, 0.25) is 0 Å². The van der Waals surface area contributed by atoms with Crippen molar-refractivity contribution in [2.75, 3.05) is 4.90 Å². The summed E-state index contributed by atoms with van der Waals surface area (Å²) in [4.78, 5) is 2.46. The van der Waals surface area contributed by atoms with Gasteiger partial charge in [0.05, 0.1) is 22.4 Å². The van der Waals surface area contributed by atoms with Gasteiger partial charge in [0.1, 0.15) is 0 Å². The van der Waals surface area contributed by atoms with Crippen molar-refractivity contribution >= 4 is 38.9 Å². The first-order chi connectivity index (χ1) is 26.1. The lowest BCUT2D eigenvalue weighted by Crippen LogP contribution is -2.15. The minimum Gasteiger partial charge on any atom is -0.309 e. The van der Waals surface area contributed by atoms with Gasteiger partial charge in [-0.2, -0.15) is 0 Å². The van der Waals surface area contributed by atoms with Gasteiger partial charge < -0.3 is 9.47 Å². The summed E-state index contributed by atoms with van der Waals surface area (Å²) in [5.74, 6) is 0. The molecule has 0 saturated carbocycles. The molecule has 0 fully saturated rings. The SMILES string of the molecule is CC1(C)c2ccccc2-c2c(-c3ccccc3N(c3ccc(-n4c5ccccc5c5ccccc54)cc3)c3ccccc3-c3ccccc3)cccc21. The van der Waals surface area contributed by atoms with Crippen LogP contribution in [0.15, 0.2) is 194 Å². The van der Waals surface area contributed by atoms with Crippen molar-refractivity contribution in [1.29, 1.82) is 0 Å². The van der Waals surface area contributed by atoms with Gasteiger partial charge in [0.25, 0.3) is 0 Å². The molecule has 1 aromatic heterocycles. The van der Waals surface area contributed by atoms with E-state index < -0.39 is 0 Å². The molecule has 1 heterocycles. The summed E-state index contributed by atoms with van der Waals surface area (Å²) in [5, 5.41) is 2.53. The predicted molar refractivity (Wildman–Crippen MR) is 224 cm³/mol. The van der Waals surface area contributed by atoms with Gasteiger partial charge in [0.15, 0.2) is 0 Å². The van der Waals surface area contributed by atoms with Crippen LogP contribution < -0.4 is 4.90 Å². The summed E-state index contributed by atoms with van der Waals surface area (Å²) in [6.45, 7) is 4.71. The largest absolute Gasteiger partial charge is 0.309 e. The van der Waals surface area contributed by atoms with Gasteiger partial charge in [-0.3, -0.25) is 0 Å². The number of para-hydroxylation sites is 4. The fraction of sp³-hybridized carbons (Fsp3) is 0.0588. The Morgan fingerprint density at radius 1 is 0.396 bits per heavy atom. The molecule has 0 amide bonds. The summed E-state index contributed by atoms with van der Waals surface area (Å²) in [5.41, 5.74) is 17.0. The third-order valence-electron chi connectivity index (χ3n) is 11.2. The van der Waals surface area contributed by atoms with Crippen molar-refractivity contribution in [3.05, 3.63) is 205 Å². The van der Waals surface area contributed by atoms with E-state index in [2.05, 4.69) is 217 Å². The van der Waals surface area contributed by atoms with Crippen LogP contribution >= 0.6 is 0 Å². The Kier molecular flexibility index (Phi) is 7.19. The summed E-state index contributed by atoms with van der Waals surface area (Å²) in [6.07, 6.45) is 0. The Balaban J connectivity index is 1.20. The van der Waals surface area contributed by atoms with Crippen LogP contribution in [-0.2, 0) is 5.41 Å². The smallest absolute Gasteiger partial charge is 0.0541 e. The van der Waals surface area contributed by atoms with Gasteiger partial charge in [-0.1, -0.05) is 159 Å². The molecule has 53 heavy (non-hydrogen) atoms. The zero-order chi connectivity index (χ0) is 35.5. The molecule has 9 aromatic rings. The van der Waals surface area contributed by atoms with E-state index in [1.165, 1.54) is 66.3 Å². The third kappa shape index (κ3) is 4.87.